The van der Waals surface area contributed by atoms with Crippen molar-refractivity contribution in [1.29, 1.82) is 0 Å². The van der Waals surface area contributed by atoms with Gasteiger partial charge >= 0.3 is 0 Å². The molecular formula is C28H23N5O3S. The number of hydrogen-bond acceptors (Lipinski definition) is 6. The Morgan fingerprint density at radius 2 is 1.78 bits per heavy atom. The molecule has 8 nitrogen and oxygen atoms in total. The lowest BCUT2D eigenvalue weighted by Gasteiger charge is -2.07. The minimum absolute atomic E-state index is 0.164. The second-order valence-corrected chi connectivity index (χ2v) is 8.37. The van der Waals surface area contributed by atoms with Gasteiger partial charge in [-0.15, -0.1) is 10.2 Å². The first-order valence-electron chi connectivity index (χ1n) is 11.6. The van der Waals surface area contributed by atoms with Crippen molar-refractivity contribution in [2.75, 3.05) is 11.9 Å². The summed E-state index contributed by atoms with van der Waals surface area (Å²) in [7, 11) is 0. The maximum Gasteiger partial charge on any atom is 0.250 e. The van der Waals surface area contributed by atoms with E-state index in [-0.39, 0.29) is 11.0 Å². The third-order valence-electron chi connectivity index (χ3n) is 5.34. The summed E-state index contributed by atoms with van der Waals surface area (Å²) in [5.41, 5.74) is 3.87. The molecule has 9 heteroatoms. The average Bonchev–Trinajstić information content (AvgIpc) is 3.56. The van der Waals surface area contributed by atoms with Crippen molar-refractivity contribution in [1.82, 2.24) is 20.3 Å². The number of fused-ring (bicyclic) bond motifs is 1. The zero-order valence-electron chi connectivity index (χ0n) is 19.9. The predicted octanol–water partition coefficient (Wildman–Crippen LogP) is 5.61. The quantitative estimate of drug-likeness (QED) is 0.218. The number of rotatable bonds is 7. The van der Waals surface area contributed by atoms with Crippen LogP contribution >= 0.6 is 12.2 Å². The lowest BCUT2D eigenvalue weighted by atomic mass is 10.2. The highest BCUT2D eigenvalue weighted by Crippen LogP contribution is 2.22. The SMILES string of the molecule is CCOc1ccc(-n2nc3ccc(NC(=S)NC(=O)/C=C/c4ccc(-c5ccccc5)o4)cc3n2)cc1. The minimum atomic E-state index is -0.377. The molecular weight excluding hydrogens is 486 g/mol. The number of thiocarbonyl (C=S) groups is 1. The van der Waals surface area contributed by atoms with E-state index in [0.717, 1.165) is 28.3 Å². The number of carbonyl (C=O) groups is 1. The Kier molecular flexibility index (Phi) is 7.05. The van der Waals surface area contributed by atoms with Gasteiger partial charge in [-0.1, -0.05) is 30.3 Å². The topological polar surface area (TPSA) is 94.2 Å². The van der Waals surface area contributed by atoms with Gasteiger partial charge in [-0.2, -0.15) is 4.80 Å². The second kappa shape index (κ2) is 10.9. The van der Waals surface area contributed by atoms with Gasteiger partial charge in [0.1, 0.15) is 28.3 Å². The van der Waals surface area contributed by atoms with Gasteiger partial charge < -0.3 is 14.5 Å². The highest BCUT2D eigenvalue weighted by molar-refractivity contribution is 7.80. The van der Waals surface area contributed by atoms with E-state index < -0.39 is 0 Å². The summed E-state index contributed by atoms with van der Waals surface area (Å²) in [6, 6.07) is 26.4. The van der Waals surface area contributed by atoms with E-state index in [9.17, 15) is 4.79 Å². The number of aromatic nitrogens is 3. The molecule has 0 saturated heterocycles. The summed E-state index contributed by atoms with van der Waals surface area (Å²) in [5.74, 6) is 1.71. The number of ether oxygens (including phenoxy) is 1. The molecule has 0 unspecified atom stereocenters. The Bertz CT molecular complexity index is 1570. The zero-order valence-corrected chi connectivity index (χ0v) is 20.7. The molecule has 5 rings (SSSR count). The van der Waals surface area contributed by atoms with Crippen molar-refractivity contribution in [3.05, 3.63) is 96.8 Å². The maximum absolute atomic E-state index is 12.3. The Morgan fingerprint density at radius 1 is 1.00 bits per heavy atom. The molecule has 2 aromatic heterocycles. The van der Waals surface area contributed by atoms with Crippen LogP contribution in [0.2, 0.25) is 0 Å². The van der Waals surface area contributed by atoms with Crippen LogP contribution in [0.4, 0.5) is 5.69 Å². The van der Waals surface area contributed by atoms with Gasteiger partial charge in [-0.25, -0.2) is 0 Å². The molecule has 5 aromatic rings. The Hall–Kier alpha value is -4.76. The number of carbonyl (C=O) groups excluding carboxylic acids is 1. The number of anilines is 1. The van der Waals surface area contributed by atoms with Crippen molar-refractivity contribution in [3.63, 3.8) is 0 Å². The fraction of sp³-hybridized carbons (Fsp3) is 0.0714. The molecule has 0 fully saturated rings. The van der Waals surface area contributed by atoms with E-state index in [1.807, 2.05) is 85.8 Å². The van der Waals surface area contributed by atoms with Crippen LogP contribution in [0.5, 0.6) is 5.75 Å². The molecule has 0 atom stereocenters. The molecule has 0 saturated carbocycles. The summed E-state index contributed by atoms with van der Waals surface area (Å²) in [6.45, 7) is 2.55. The monoisotopic (exact) mass is 509 g/mol. The third kappa shape index (κ3) is 5.91. The fourth-order valence-electron chi connectivity index (χ4n) is 3.62. The second-order valence-electron chi connectivity index (χ2n) is 7.96. The molecule has 0 radical (unpaired) electrons. The maximum atomic E-state index is 12.3. The first kappa shape index (κ1) is 24.0. The number of benzene rings is 3. The highest BCUT2D eigenvalue weighted by atomic mass is 32.1. The Labute approximate surface area is 218 Å². The molecule has 2 N–H and O–H groups in total. The summed E-state index contributed by atoms with van der Waals surface area (Å²) in [4.78, 5) is 13.9. The summed E-state index contributed by atoms with van der Waals surface area (Å²) in [6.07, 6.45) is 2.96. The summed E-state index contributed by atoms with van der Waals surface area (Å²) < 4.78 is 11.3. The van der Waals surface area contributed by atoms with Crippen LogP contribution in [-0.2, 0) is 4.79 Å². The van der Waals surface area contributed by atoms with Gasteiger partial charge in [-0.05, 0) is 79.8 Å². The van der Waals surface area contributed by atoms with Gasteiger partial charge in [-0.3, -0.25) is 10.1 Å². The van der Waals surface area contributed by atoms with Crippen molar-refractivity contribution in [3.8, 4) is 22.8 Å². The van der Waals surface area contributed by atoms with E-state index in [1.54, 1.807) is 16.9 Å². The van der Waals surface area contributed by atoms with Crippen LogP contribution in [0.3, 0.4) is 0 Å². The number of hydrogen-bond donors (Lipinski definition) is 2. The molecule has 0 bridgehead atoms. The number of amides is 1. The van der Waals surface area contributed by atoms with Crippen LogP contribution in [0.15, 0.2) is 95.4 Å². The molecule has 0 spiro atoms. The molecule has 37 heavy (non-hydrogen) atoms. The van der Waals surface area contributed by atoms with Crippen molar-refractivity contribution in [2.45, 2.75) is 6.92 Å². The van der Waals surface area contributed by atoms with Crippen LogP contribution in [0.25, 0.3) is 34.1 Å². The number of nitrogens with zero attached hydrogens (tertiary/aromatic N) is 3. The van der Waals surface area contributed by atoms with Crippen LogP contribution in [0.1, 0.15) is 12.7 Å². The molecule has 1 amide bonds. The van der Waals surface area contributed by atoms with Gasteiger partial charge in [0.2, 0.25) is 5.91 Å². The zero-order chi connectivity index (χ0) is 25.6. The molecule has 3 aromatic carbocycles. The Balaban J connectivity index is 1.19. The van der Waals surface area contributed by atoms with E-state index >= 15 is 0 Å². The van der Waals surface area contributed by atoms with Crippen molar-refractivity contribution in [2.24, 2.45) is 0 Å². The van der Waals surface area contributed by atoms with Crippen molar-refractivity contribution < 1.29 is 13.9 Å². The van der Waals surface area contributed by atoms with E-state index in [1.165, 1.54) is 6.08 Å². The van der Waals surface area contributed by atoms with E-state index in [0.29, 0.717) is 23.6 Å². The third-order valence-corrected chi connectivity index (χ3v) is 5.54. The standard InChI is InChI=1S/C28H23N5O3S/c1-2-35-22-11-9-21(10-12-22)33-31-24-15-8-20(18-25(24)32-33)29-28(37)30-27(34)17-14-23-13-16-26(36-23)19-6-4-3-5-7-19/h3-18H,2H2,1H3,(H2,29,30,34,37)/b17-14+. The van der Waals surface area contributed by atoms with Crippen LogP contribution < -0.4 is 15.4 Å². The first-order chi connectivity index (χ1) is 18.1. The summed E-state index contributed by atoms with van der Waals surface area (Å²) >= 11 is 5.30. The molecule has 184 valence electrons. The van der Waals surface area contributed by atoms with Crippen LogP contribution in [0, 0.1) is 0 Å². The fourth-order valence-corrected chi connectivity index (χ4v) is 3.84. The van der Waals surface area contributed by atoms with Crippen molar-refractivity contribution >= 4 is 46.0 Å². The molecule has 0 aliphatic rings. The lowest BCUT2D eigenvalue weighted by molar-refractivity contribution is -0.115. The largest absolute Gasteiger partial charge is 0.494 e. The van der Waals surface area contributed by atoms with Gasteiger partial charge in [0.15, 0.2) is 5.11 Å². The normalized spacial score (nSPS) is 11.1. The number of furan rings is 1. The highest BCUT2D eigenvalue weighted by Gasteiger charge is 2.08. The number of nitrogens with one attached hydrogen (secondary N) is 2. The van der Waals surface area contributed by atoms with E-state index in [4.69, 9.17) is 21.4 Å². The van der Waals surface area contributed by atoms with E-state index in [2.05, 4.69) is 20.8 Å². The predicted molar refractivity (Wildman–Crippen MR) is 148 cm³/mol. The lowest BCUT2D eigenvalue weighted by Crippen LogP contribution is -2.32. The van der Waals surface area contributed by atoms with Gasteiger partial charge in [0, 0.05) is 17.3 Å². The Morgan fingerprint density at radius 3 is 2.57 bits per heavy atom. The summed E-state index contributed by atoms with van der Waals surface area (Å²) in [5, 5.41) is 14.9. The van der Waals surface area contributed by atoms with Gasteiger partial charge in [0.25, 0.3) is 0 Å². The van der Waals surface area contributed by atoms with Crippen LogP contribution in [-0.4, -0.2) is 32.6 Å². The molecule has 0 aliphatic carbocycles. The van der Waals surface area contributed by atoms with Gasteiger partial charge in [0.05, 0.1) is 12.3 Å². The first-order valence-corrected chi connectivity index (χ1v) is 12.0. The average molecular weight is 510 g/mol. The smallest absolute Gasteiger partial charge is 0.250 e. The molecule has 0 aliphatic heterocycles. The molecule has 2 heterocycles. The minimum Gasteiger partial charge on any atom is -0.494 e.